The van der Waals surface area contributed by atoms with Gasteiger partial charge in [0.2, 0.25) is 29.5 Å². The minimum Gasteiger partial charge on any atom is -0.481 e. The predicted molar refractivity (Wildman–Crippen MR) is 179 cm³/mol. The molecule has 0 aliphatic heterocycles. The van der Waals surface area contributed by atoms with Crippen LogP contribution in [0.4, 0.5) is 0 Å². The number of carboxylic acid groups (broad SMARTS) is 2. The van der Waals surface area contributed by atoms with Crippen LogP contribution < -0.4 is 38.1 Å². The van der Waals surface area contributed by atoms with Crippen LogP contribution in [0.5, 0.6) is 0 Å². The van der Waals surface area contributed by atoms with E-state index in [9.17, 15) is 43.8 Å². The Bertz CT molecular complexity index is 1120. The zero-order valence-electron chi connectivity index (χ0n) is 29.7. The highest BCUT2D eigenvalue weighted by molar-refractivity contribution is 5.98. The number of carbonyl (C=O) groups excluding carboxylic acids is 5. The van der Waals surface area contributed by atoms with Crippen molar-refractivity contribution in [1.82, 2.24) is 26.6 Å². The first kappa shape index (κ1) is 44.2. The maximum absolute atomic E-state index is 13.5. The summed E-state index contributed by atoms with van der Waals surface area (Å²) < 4.78 is 0. The lowest BCUT2D eigenvalue weighted by atomic mass is 9.96. The Morgan fingerprint density at radius 2 is 1.23 bits per heavy atom. The molecule has 0 fully saturated rings. The van der Waals surface area contributed by atoms with E-state index in [1.54, 1.807) is 34.6 Å². The molecule has 0 heterocycles. The lowest BCUT2D eigenvalue weighted by Gasteiger charge is -2.31. The monoisotopic (exact) mass is 685 g/mol. The van der Waals surface area contributed by atoms with Crippen molar-refractivity contribution in [3.05, 3.63) is 0 Å². The minimum atomic E-state index is -1.66. The maximum Gasteiger partial charge on any atom is 0.326 e. The quantitative estimate of drug-likeness (QED) is 0.0645. The van der Waals surface area contributed by atoms with Crippen LogP contribution in [0.25, 0.3) is 0 Å². The largest absolute Gasteiger partial charge is 0.481 e. The molecule has 0 saturated carbocycles. The van der Waals surface area contributed by atoms with Crippen molar-refractivity contribution >= 4 is 41.5 Å². The average molecular weight is 686 g/mol. The van der Waals surface area contributed by atoms with Crippen LogP contribution >= 0.6 is 0 Å². The number of hydrogen-bond donors (Lipinski definition) is 9. The summed E-state index contributed by atoms with van der Waals surface area (Å²) in [6, 6.07) is -6.22. The Morgan fingerprint density at radius 1 is 0.708 bits per heavy atom. The van der Waals surface area contributed by atoms with Crippen LogP contribution in [0, 0.1) is 17.8 Å². The minimum absolute atomic E-state index is 0.0723. The number of aliphatic carboxylic acids is 2. The Hall–Kier alpha value is -3.79. The third-order valence-electron chi connectivity index (χ3n) is 8.26. The third-order valence-corrected chi connectivity index (χ3v) is 8.26. The van der Waals surface area contributed by atoms with Gasteiger partial charge in [-0.2, -0.15) is 0 Å². The summed E-state index contributed by atoms with van der Waals surface area (Å²) in [6.07, 6.45) is 1.31. The standard InChI is InChI=1S/C32H59N7O9/c1-9-18(5)24(34)29(45)39-32(7,8)31(48)37-21(15-17(3)4)27(43)36-22(16-23(40)41)28(44)35-20(13-11-12-14-33)26(42)38-25(30(46)47)19(6)10-2/h17-22,24-25H,9-16,33-34H2,1-8H3,(H,35,44)(H,36,43)(H,37,48)(H,38,42)(H,39,45)(H,40,41)(H,46,47)/t18-,19-,20-,21-,22-,24-,25-/m0/s1. The van der Waals surface area contributed by atoms with Gasteiger partial charge in [0.05, 0.1) is 12.5 Å². The molecule has 0 bridgehead atoms. The number of hydrogen-bond acceptors (Lipinski definition) is 9. The van der Waals surface area contributed by atoms with Gasteiger partial charge in [0.15, 0.2) is 0 Å². The number of amides is 5. The first-order chi connectivity index (χ1) is 22.2. The summed E-state index contributed by atoms with van der Waals surface area (Å²) in [5.74, 6) is -7.26. The second kappa shape index (κ2) is 21.2. The Balaban J connectivity index is 6.09. The molecule has 0 spiro atoms. The van der Waals surface area contributed by atoms with Crippen molar-refractivity contribution in [1.29, 1.82) is 0 Å². The smallest absolute Gasteiger partial charge is 0.326 e. The summed E-state index contributed by atoms with van der Waals surface area (Å²) in [6.45, 7) is 13.9. The molecule has 276 valence electrons. The molecule has 0 aliphatic rings. The lowest BCUT2D eigenvalue weighted by molar-refractivity contribution is -0.144. The van der Waals surface area contributed by atoms with Gasteiger partial charge in [-0.3, -0.25) is 28.8 Å². The maximum atomic E-state index is 13.5. The Kier molecular flexibility index (Phi) is 19.6. The summed E-state index contributed by atoms with van der Waals surface area (Å²) >= 11 is 0. The van der Waals surface area contributed by atoms with Gasteiger partial charge in [-0.05, 0) is 63.8 Å². The molecule has 16 nitrogen and oxygen atoms in total. The van der Waals surface area contributed by atoms with Crippen LogP contribution in [0.3, 0.4) is 0 Å². The molecule has 5 amide bonds. The number of carbonyl (C=O) groups is 7. The van der Waals surface area contributed by atoms with Crippen molar-refractivity contribution in [2.24, 2.45) is 29.2 Å². The lowest BCUT2D eigenvalue weighted by Crippen LogP contribution is -2.62. The highest BCUT2D eigenvalue weighted by Crippen LogP contribution is 2.13. The van der Waals surface area contributed by atoms with Crippen LogP contribution in [0.15, 0.2) is 0 Å². The molecule has 0 rings (SSSR count). The molecule has 0 aliphatic carbocycles. The topological polar surface area (TPSA) is 272 Å². The van der Waals surface area contributed by atoms with Gasteiger partial charge in [-0.15, -0.1) is 0 Å². The van der Waals surface area contributed by atoms with Crippen molar-refractivity contribution in [2.75, 3.05) is 6.54 Å². The van der Waals surface area contributed by atoms with Crippen molar-refractivity contribution in [3.8, 4) is 0 Å². The zero-order valence-corrected chi connectivity index (χ0v) is 29.7. The van der Waals surface area contributed by atoms with Crippen LogP contribution in [0.1, 0.15) is 100 Å². The molecule has 16 heteroatoms. The number of rotatable bonds is 23. The van der Waals surface area contributed by atoms with E-state index in [1.807, 2.05) is 6.92 Å². The van der Waals surface area contributed by atoms with Gasteiger partial charge in [0.25, 0.3) is 0 Å². The van der Waals surface area contributed by atoms with E-state index in [-0.39, 0.29) is 24.7 Å². The van der Waals surface area contributed by atoms with E-state index in [0.717, 1.165) is 0 Å². The molecule has 7 atom stereocenters. The molecule has 0 aromatic heterocycles. The molecule has 48 heavy (non-hydrogen) atoms. The van der Waals surface area contributed by atoms with Gasteiger partial charge in [0.1, 0.15) is 29.7 Å². The van der Waals surface area contributed by atoms with Crippen LogP contribution in [-0.2, 0) is 33.6 Å². The fraction of sp³-hybridized carbons (Fsp3) is 0.781. The highest BCUT2D eigenvalue weighted by Gasteiger charge is 2.37. The summed E-state index contributed by atoms with van der Waals surface area (Å²) in [7, 11) is 0. The molecule has 0 radical (unpaired) electrons. The molecule has 11 N–H and O–H groups in total. The first-order valence-corrected chi connectivity index (χ1v) is 16.7. The Morgan fingerprint density at radius 3 is 1.71 bits per heavy atom. The second-order valence-electron chi connectivity index (χ2n) is 13.4. The Labute approximate surface area is 283 Å². The van der Waals surface area contributed by atoms with Crippen LogP contribution in [-0.4, -0.2) is 94.0 Å². The van der Waals surface area contributed by atoms with Crippen molar-refractivity contribution < 1.29 is 43.8 Å². The van der Waals surface area contributed by atoms with Gasteiger partial charge in [0, 0.05) is 0 Å². The predicted octanol–water partition coefficient (Wildman–Crippen LogP) is -0.0257. The second-order valence-corrected chi connectivity index (χ2v) is 13.4. The van der Waals surface area contributed by atoms with Gasteiger partial charge < -0.3 is 48.3 Å². The molecular weight excluding hydrogens is 626 g/mol. The highest BCUT2D eigenvalue weighted by atomic mass is 16.4. The van der Waals surface area contributed by atoms with E-state index >= 15 is 0 Å². The van der Waals surface area contributed by atoms with E-state index in [4.69, 9.17) is 11.5 Å². The number of unbranched alkanes of at least 4 members (excludes halogenated alkanes) is 1. The van der Waals surface area contributed by atoms with E-state index in [0.29, 0.717) is 32.2 Å². The van der Waals surface area contributed by atoms with Crippen LogP contribution in [0.2, 0.25) is 0 Å². The molecular formula is C32H59N7O9. The fourth-order valence-electron chi connectivity index (χ4n) is 4.63. The zero-order chi connectivity index (χ0) is 37.4. The summed E-state index contributed by atoms with van der Waals surface area (Å²) in [5.41, 5.74) is 10.1. The van der Waals surface area contributed by atoms with Gasteiger partial charge in [-0.1, -0.05) is 54.4 Å². The third kappa shape index (κ3) is 15.4. The number of nitrogens with two attached hydrogens (primary N) is 2. The fourth-order valence-corrected chi connectivity index (χ4v) is 4.63. The van der Waals surface area contributed by atoms with Crippen molar-refractivity contribution in [3.63, 3.8) is 0 Å². The summed E-state index contributed by atoms with van der Waals surface area (Å²) in [4.78, 5) is 89.6. The molecule has 0 saturated heterocycles. The van der Waals surface area contributed by atoms with Gasteiger partial charge >= 0.3 is 11.9 Å². The normalized spacial score (nSPS) is 15.9. The molecule has 0 unspecified atom stereocenters. The molecule has 0 aromatic carbocycles. The average Bonchev–Trinajstić information content (AvgIpc) is 3.00. The van der Waals surface area contributed by atoms with E-state index in [2.05, 4.69) is 26.6 Å². The molecule has 0 aromatic rings. The van der Waals surface area contributed by atoms with E-state index in [1.165, 1.54) is 13.8 Å². The van der Waals surface area contributed by atoms with E-state index < -0.39 is 89.6 Å². The number of nitrogens with one attached hydrogen (secondary N) is 5. The van der Waals surface area contributed by atoms with Gasteiger partial charge in [-0.25, -0.2) is 4.79 Å². The summed E-state index contributed by atoms with van der Waals surface area (Å²) in [5, 5.41) is 31.7. The number of carboxylic acids is 2. The first-order valence-electron chi connectivity index (χ1n) is 16.7. The van der Waals surface area contributed by atoms with Crippen molar-refractivity contribution in [2.45, 2.75) is 136 Å². The SMILES string of the molecule is CC[C@H](C)[C@H](N)C(=O)NC(C)(C)C(=O)N[C@@H](CC(C)C)C(=O)N[C@@H](CC(=O)O)C(=O)N[C@@H](CCCCN)C(=O)N[C@H](C(=O)O)[C@@H](C)CC.